The molecular formula is C25H27N3O4. The fraction of sp³-hybridized carbons (Fsp3) is 0.280. The Balaban J connectivity index is 1.81. The van der Waals surface area contributed by atoms with Crippen molar-refractivity contribution in [1.82, 2.24) is 15.3 Å². The van der Waals surface area contributed by atoms with Crippen LogP contribution in [0, 0.1) is 0 Å². The minimum absolute atomic E-state index is 0.136. The monoisotopic (exact) mass is 433 g/mol. The van der Waals surface area contributed by atoms with E-state index >= 15 is 0 Å². The number of benzene rings is 2. The van der Waals surface area contributed by atoms with Crippen LogP contribution in [-0.2, 0) is 22.4 Å². The summed E-state index contributed by atoms with van der Waals surface area (Å²) in [5.74, 6) is -1.02. The Kier molecular flexibility index (Phi) is 7.91. The van der Waals surface area contributed by atoms with Crippen LogP contribution >= 0.6 is 0 Å². The van der Waals surface area contributed by atoms with Gasteiger partial charge in [-0.2, -0.15) is 0 Å². The lowest BCUT2D eigenvalue weighted by atomic mass is 10.0. The average molecular weight is 434 g/mol. The maximum atomic E-state index is 12.6. The zero-order valence-electron chi connectivity index (χ0n) is 18.3. The molecule has 7 heteroatoms. The van der Waals surface area contributed by atoms with Crippen LogP contribution in [-0.4, -0.2) is 40.1 Å². The molecule has 1 amide bonds. The summed E-state index contributed by atoms with van der Waals surface area (Å²) in [5, 5.41) is 13.0. The molecule has 1 heterocycles. The number of aryl methyl sites for hydroxylation is 1. The van der Waals surface area contributed by atoms with Crippen molar-refractivity contribution in [3.63, 3.8) is 0 Å². The first-order valence-corrected chi connectivity index (χ1v) is 10.7. The van der Waals surface area contributed by atoms with Crippen LogP contribution in [0.25, 0.3) is 11.1 Å². The van der Waals surface area contributed by atoms with Gasteiger partial charge in [0.2, 0.25) is 0 Å². The van der Waals surface area contributed by atoms with Crippen LogP contribution < -0.4 is 5.32 Å². The molecule has 0 atom stereocenters. The number of nitrogens with zero attached hydrogens (tertiary/aromatic N) is 2. The fourth-order valence-electron chi connectivity index (χ4n) is 3.28. The largest absolute Gasteiger partial charge is 0.504 e. The summed E-state index contributed by atoms with van der Waals surface area (Å²) in [7, 11) is 0. The second-order valence-corrected chi connectivity index (χ2v) is 7.26. The van der Waals surface area contributed by atoms with Crippen LogP contribution in [0.3, 0.4) is 0 Å². The number of esters is 1. The number of nitrogens with one attached hydrogen (secondary N) is 1. The Morgan fingerprint density at radius 3 is 2.31 bits per heavy atom. The minimum atomic E-state index is -0.643. The standard InChI is InChI=1S/C25H27N3O4/c1-3-8-20-24(30)23(25(31)26-16-22(29)32-4-2)28-21(27-20)15-17-11-13-19(14-12-17)18-9-6-5-7-10-18/h5-7,9-14,30H,3-4,8,15-16H2,1-2H3,(H,26,31). The molecule has 0 aliphatic carbocycles. The fourth-order valence-corrected chi connectivity index (χ4v) is 3.28. The van der Waals surface area contributed by atoms with Crippen molar-refractivity contribution < 1.29 is 19.4 Å². The molecule has 0 saturated heterocycles. The summed E-state index contributed by atoms with van der Waals surface area (Å²) in [6.07, 6.45) is 1.66. The Morgan fingerprint density at radius 2 is 1.66 bits per heavy atom. The molecule has 0 spiro atoms. The number of aromatic nitrogens is 2. The lowest BCUT2D eigenvalue weighted by molar-refractivity contribution is -0.141. The summed E-state index contributed by atoms with van der Waals surface area (Å²) in [6, 6.07) is 18.1. The molecule has 3 rings (SSSR count). The summed E-state index contributed by atoms with van der Waals surface area (Å²) in [5.41, 5.74) is 3.50. The van der Waals surface area contributed by atoms with E-state index in [9.17, 15) is 14.7 Å². The highest BCUT2D eigenvalue weighted by Gasteiger charge is 2.20. The van der Waals surface area contributed by atoms with Crippen molar-refractivity contribution in [3.05, 3.63) is 77.4 Å². The summed E-state index contributed by atoms with van der Waals surface area (Å²) in [4.78, 5) is 32.9. The van der Waals surface area contributed by atoms with E-state index in [4.69, 9.17) is 4.74 Å². The third kappa shape index (κ3) is 5.91. The van der Waals surface area contributed by atoms with Crippen molar-refractivity contribution in [2.75, 3.05) is 13.2 Å². The Hall–Kier alpha value is -3.74. The van der Waals surface area contributed by atoms with Crippen LogP contribution in [0.15, 0.2) is 54.6 Å². The van der Waals surface area contributed by atoms with Crippen LogP contribution in [0.4, 0.5) is 0 Å². The minimum Gasteiger partial charge on any atom is -0.504 e. The molecule has 0 fully saturated rings. The molecule has 1 aromatic heterocycles. The number of hydrogen-bond acceptors (Lipinski definition) is 6. The molecular weight excluding hydrogens is 406 g/mol. The highest BCUT2D eigenvalue weighted by atomic mass is 16.5. The number of ether oxygens (including phenoxy) is 1. The zero-order chi connectivity index (χ0) is 22.9. The Labute approximate surface area is 187 Å². The summed E-state index contributed by atoms with van der Waals surface area (Å²) < 4.78 is 4.82. The second-order valence-electron chi connectivity index (χ2n) is 7.26. The van der Waals surface area contributed by atoms with Crippen LogP contribution in [0.1, 0.15) is 47.8 Å². The van der Waals surface area contributed by atoms with Gasteiger partial charge in [-0.15, -0.1) is 0 Å². The van der Waals surface area contributed by atoms with Gasteiger partial charge in [-0.05, 0) is 30.0 Å². The van der Waals surface area contributed by atoms with Gasteiger partial charge in [-0.25, -0.2) is 9.97 Å². The molecule has 2 N–H and O–H groups in total. The Bertz CT molecular complexity index is 1070. The number of carbonyl (C=O) groups excluding carboxylic acids is 2. The van der Waals surface area contributed by atoms with Gasteiger partial charge in [-0.1, -0.05) is 67.9 Å². The van der Waals surface area contributed by atoms with Crippen molar-refractivity contribution in [2.24, 2.45) is 0 Å². The smallest absolute Gasteiger partial charge is 0.325 e. The van der Waals surface area contributed by atoms with Crippen molar-refractivity contribution in [1.29, 1.82) is 0 Å². The predicted octanol–water partition coefficient (Wildman–Crippen LogP) is 3.69. The highest BCUT2D eigenvalue weighted by Crippen LogP contribution is 2.23. The normalized spacial score (nSPS) is 10.6. The van der Waals surface area contributed by atoms with Gasteiger partial charge in [0, 0.05) is 6.42 Å². The van der Waals surface area contributed by atoms with E-state index in [0.29, 0.717) is 24.4 Å². The van der Waals surface area contributed by atoms with Gasteiger partial charge in [0.05, 0.1) is 12.3 Å². The number of carbonyl (C=O) groups is 2. The van der Waals surface area contributed by atoms with Gasteiger partial charge in [0.15, 0.2) is 11.4 Å². The van der Waals surface area contributed by atoms with E-state index in [1.165, 1.54) is 0 Å². The summed E-state index contributed by atoms with van der Waals surface area (Å²) in [6.45, 7) is 3.58. The van der Waals surface area contributed by atoms with E-state index in [1.54, 1.807) is 6.92 Å². The number of amides is 1. The number of hydrogen-bond donors (Lipinski definition) is 2. The molecule has 0 radical (unpaired) electrons. The molecule has 7 nitrogen and oxygen atoms in total. The molecule has 0 bridgehead atoms. The van der Waals surface area contributed by atoms with Gasteiger partial charge in [0.1, 0.15) is 12.4 Å². The van der Waals surface area contributed by atoms with Crippen molar-refractivity contribution >= 4 is 11.9 Å². The maximum Gasteiger partial charge on any atom is 0.325 e. The topological polar surface area (TPSA) is 101 Å². The van der Waals surface area contributed by atoms with Gasteiger partial charge >= 0.3 is 5.97 Å². The first-order chi connectivity index (χ1) is 15.5. The molecule has 3 aromatic rings. The lowest BCUT2D eigenvalue weighted by Gasteiger charge is -2.11. The molecule has 2 aromatic carbocycles. The lowest BCUT2D eigenvalue weighted by Crippen LogP contribution is -2.31. The predicted molar refractivity (Wildman–Crippen MR) is 121 cm³/mol. The molecule has 0 unspecified atom stereocenters. The van der Waals surface area contributed by atoms with E-state index in [2.05, 4.69) is 27.4 Å². The van der Waals surface area contributed by atoms with Crippen molar-refractivity contribution in [3.8, 4) is 16.9 Å². The number of rotatable bonds is 9. The van der Waals surface area contributed by atoms with Gasteiger partial charge in [-0.3, -0.25) is 9.59 Å². The van der Waals surface area contributed by atoms with Crippen LogP contribution in [0.2, 0.25) is 0 Å². The van der Waals surface area contributed by atoms with Gasteiger partial charge < -0.3 is 15.2 Å². The second kappa shape index (κ2) is 11.0. The highest BCUT2D eigenvalue weighted by molar-refractivity contribution is 5.96. The van der Waals surface area contributed by atoms with E-state index in [0.717, 1.165) is 23.1 Å². The quantitative estimate of drug-likeness (QED) is 0.499. The van der Waals surface area contributed by atoms with Gasteiger partial charge in [0.25, 0.3) is 5.91 Å². The van der Waals surface area contributed by atoms with Crippen molar-refractivity contribution in [2.45, 2.75) is 33.1 Å². The average Bonchev–Trinajstić information content (AvgIpc) is 2.81. The number of aromatic hydroxyl groups is 1. The SMILES string of the molecule is CCCc1nc(Cc2ccc(-c3ccccc3)cc2)nc(C(=O)NCC(=O)OCC)c1O. The third-order valence-electron chi connectivity index (χ3n) is 4.83. The molecule has 0 aliphatic rings. The summed E-state index contributed by atoms with van der Waals surface area (Å²) >= 11 is 0. The molecule has 0 aliphatic heterocycles. The first-order valence-electron chi connectivity index (χ1n) is 10.7. The first kappa shape index (κ1) is 22.9. The third-order valence-corrected chi connectivity index (χ3v) is 4.83. The van der Waals surface area contributed by atoms with E-state index < -0.39 is 11.9 Å². The maximum absolute atomic E-state index is 12.6. The Morgan fingerprint density at radius 1 is 0.969 bits per heavy atom. The van der Waals surface area contributed by atoms with E-state index in [-0.39, 0.29) is 24.6 Å². The molecule has 0 saturated carbocycles. The molecule has 32 heavy (non-hydrogen) atoms. The molecule has 166 valence electrons. The zero-order valence-corrected chi connectivity index (χ0v) is 18.3. The van der Waals surface area contributed by atoms with Crippen LogP contribution in [0.5, 0.6) is 5.75 Å². The van der Waals surface area contributed by atoms with E-state index in [1.807, 2.05) is 49.4 Å².